The highest BCUT2D eigenvalue weighted by Crippen LogP contribution is 2.23. The molecule has 0 aliphatic heterocycles. The van der Waals surface area contributed by atoms with Gasteiger partial charge in [-0.05, 0) is 41.5 Å². The predicted molar refractivity (Wildman–Crippen MR) is 114 cm³/mol. The Labute approximate surface area is 176 Å². The lowest BCUT2D eigenvalue weighted by atomic mass is 10.1. The van der Waals surface area contributed by atoms with E-state index in [1.165, 1.54) is 12.1 Å². The number of benzene rings is 3. The maximum atomic E-state index is 11.3. The molecule has 3 aromatic carbocycles. The van der Waals surface area contributed by atoms with Crippen molar-refractivity contribution < 1.29 is 18.5 Å². The summed E-state index contributed by atoms with van der Waals surface area (Å²) in [6.07, 6.45) is 0.811. The van der Waals surface area contributed by atoms with Gasteiger partial charge in [0.25, 0.3) is 0 Å². The first-order valence-electron chi connectivity index (χ1n) is 9.30. The average molecular weight is 432 g/mol. The topological polar surface area (TPSA) is 86.0 Å². The Morgan fingerprint density at radius 2 is 1.66 bits per heavy atom. The Kier molecular flexibility index (Phi) is 7.28. The van der Waals surface area contributed by atoms with Crippen molar-refractivity contribution in [1.82, 2.24) is 0 Å². The van der Waals surface area contributed by atoms with Crippen molar-refractivity contribution in [2.24, 2.45) is 5.14 Å². The average Bonchev–Trinajstić information content (AvgIpc) is 2.71. The summed E-state index contributed by atoms with van der Waals surface area (Å²) in [6, 6.07) is 22.4. The van der Waals surface area contributed by atoms with Gasteiger partial charge in [0, 0.05) is 17.0 Å². The molecule has 0 bridgehead atoms. The lowest BCUT2D eigenvalue weighted by Crippen LogP contribution is -2.83. The molecule has 0 saturated carbocycles. The molecule has 0 amide bonds. The predicted octanol–water partition coefficient (Wildman–Crippen LogP) is 2.87. The zero-order chi connectivity index (χ0) is 20.7. The second-order valence-corrected chi connectivity index (χ2v) is 8.74. The number of primary sulfonamides is 1. The lowest BCUT2D eigenvalue weighted by molar-refractivity contribution is -0.670. The van der Waals surface area contributed by atoms with Crippen LogP contribution in [0.3, 0.4) is 0 Å². The van der Waals surface area contributed by atoms with E-state index in [4.69, 9.17) is 21.5 Å². The molecule has 0 saturated heterocycles. The van der Waals surface area contributed by atoms with Crippen LogP contribution >= 0.6 is 11.6 Å². The maximum absolute atomic E-state index is 11.3. The number of hydrogen-bond acceptors (Lipinski definition) is 3. The minimum absolute atomic E-state index is 0.129. The molecule has 0 fully saturated rings. The molecule has 0 unspecified atom stereocenters. The number of rotatable bonds is 9. The second kappa shape index (κ2) is 9.89. The van der Waals surface area contributed by atoms with E-state index in [1.54, 1.807) is 12.1 Å². The van der Waals surface area contributed by atoms with E-state index in [0.717, 1.165) is 42.0 Å². The van der Waals surface area contributed by atoms with E-state index in [1.807, 2.05) is 48.5 Å². The molecule has 152 valence electrons. The van der Waals surface area contributed by atoms with Crippen molar-refractivity contribution in [1.29, 1.82) is 0 Å². The highest BCUT2D eigenvalue weighted by Gasteiger charge is 2.09. The molecule has 0 spiro atoms. The number of sulfonamides is 1. The van der Waals surface area contributed by atoms with Crippen LogP contribution in [-0.2, 0) is 29.6 Å². The molecule has 7 heteroatoms. The molecular weight excluding hydrogens is 408 g/mol. The van der Waals surface area contributed by atoms with Crippen molar-refractivity contribution >= 4 is 21.6 Å². The van der Waals surface area contributed by atoms with Gasteiger partial charge < -0.3 is 10.1 Å². The van der Waals surface area contributed by atoms with Crippen LogP contribution in [0.4, 0.5) is 0 Å². The molecule has 29 heavy (non-hydrogen) atoms. The molecule has 0 aliphatic rings. The van der Waals surface area contributed by atoms with Crippen molar-refractivity contribution in [3.63, 3.8) is 0 Å². The minimum atomic E-state index is -3.65. The summed E-state index contributed by atoms with van der Waals surface area (Å²) in [6.45, 7) is 2.09. The highest BCUT2D eigenvalue weighted by atomic mass is 35.5. The summed E-state index contributed by atoms with van der Waals surface area (Å²) in [4.78, 5) is 0.129. The van der Waals surface area contributed by atoms with E-state index in [0.29, 0.717) is 11.6 Å². The van der Waals surface area contributed by atoms with E-state index >= 15 is 0 Å². The van der Waals surface area contributed by atoms with Crippen LogP contribution in [0.15, 0.2) is 77.7 Å². The van der Waals surface area contributed by atoms with Gasteiger partial charge in [0.1, 0.15) is 18.9 Å². The largest absolute Gasteiger partial charge is 0.488 e. The van der Waals surface area contributed by atoms with Gasteiger partial charge in [0.2, 0.25) is 10.0 Å². The highest BCUT2D eigenvalue weighted by molar-refractivity contribution is 7.89. The van der Waals surface area contributed by atoms with Crippen LogP contribution in [-0.4, -0.2) is 15.0 Å². The molecule has 0 atom stereocenters. The van der Waals surface area contributed by atoms with E-state index in [9.17, 15) is 8.42 Å². The molecule has 0 aromatic heterocycles. The summed E-state index contributed by atoms with van der Waals surface area (Å²) in [5, 5.41) is 7.98. The van der Waals surface area contributed by atoms with E-state index in [2.05, 4.69) is 5.32 Å². The lowest BCUT2D eigenvalue weighted by Gasteiger charge is -2.12. The maximum Gasteiger partial charge on any atom is 0.238 e. The molecular formula is C22H24ClN2O3S+. The van der Waals surface area contributed by atoms with Crippen molar-refractivity contribution in [3.05, 3.63) is 94.5 Å². The van der Waals surface area contributed by atoms with Crippen LogP contribution in [0.25, 0.3) is 0 Å². The zero-order valence-electron chi connectivity index (χ0n) is 15.9. The van der Waals surface area contributed by atoms with Gasteiger partial charge >= 0.3 is 0 Å². The van der Waals surface area contributed by atoms with Crippen molar-refractivity contribution in [3.8, 4) is 5.75 Å². The number of halogens is 1. The summed E-state index contributed by atoms with van der Waals surface area (Å²) in [5.74, 6) is 0.826. The molecule has 4 N–H and O–H groups in total. The van der Waals surface area contributed by atoms with Crippen LogP contribution in [0, 0.1) is 0 Å². The number of quaternary nitrogens is 1. The quantitative estimate of drug-likeness (QED) is 0.511. The van der Waals surface area contributed by atoms with Gasteiger partial charge in [-0.2, -0.15) is 0 Å². The Balaban J connectivity index is 1.54. The summed E-state index contributed by atoms with van der Waals surface area (Å²) in [5.41, 5.74) is 3.21. The number of hydrogen-bond donors (Lipinski definition) is 2. The van der Waals surface area contributed by atoms with Gasteiger partial charge in [0.15, 0.2) is 0 Å². The Hall–Kier alpha value is -2.38. The molecule has 0 heterocycles. The first-order valence-corrected chi connectivity index (χ1v) is 11.2. The third kappa shape index (κ3) is 6.58. The fraction of sp³-hybridized carbons (Fsp3) is 0.182. The fourth-order valence-corrected chi connectivity index (χ4v) is 3.67. The van der Waals surface area contributed by atoms with Gasteiger partial charge in [-0.15, -0.1) is 0 Å². The summed E-state index contributed by atoms with van der Waals surface area (Å²) in [7, 11) is -3.65. The third-order valence-electron chi connectivity index (χ3n) is 4.51. The van der Waals surface area contributed by atoms with Crippen molar-refractivity contribution in [2.75, 3.05) is 6.54 Å². The third-order valence-corrected chi connectivity index (χ3v) is 5.68. The zero-order valence-corrected chi connectivity index (χ0v) is 17.5. The van der Waals surface area contributed by atoms with Crippen molar-refractivity contribution in [2.45, 2.75) is 24.5 Å². The number of nitrogens with two attached hydrogens (primary N) is 2. The fourth-order valence-electron chi connectivity index (χ4n) is 2.96. The van der Waals surface area contributed by atoms with Crippen LogP contribution < -0.4 is 15.2 Å². The van der Waals surface area contributed by atoms with E-state index in [-0.39, 0.29) is 4.90 Å². The smallest absolute Gasteiger partial charge is 0.238 e. The molecule has 0 aliphatic carbocycles. The second-order valence-electron chi connectivity index (χ2n) is 6.75. The van der Waals surface area contributed by atoms with Gasteiger partial charge in [-0.3, -0.25) is 0 Å². The molecule has 0 radical (unpaired) electrons. The Morgan fingerprint density at radius 3 is 2.34 bits per heavy atom. The van der Waals surface area contributed by atoms with Crippen LogP contribution in [0.5, 0.6) is 5.75 Å². The standard InChI is InChI=1S/C22H23ClN2O3S/c23-20-8-11-22(28-16-18-4-2-1-3-5-18)19(14-20)15-25-13-12-17-6-9-21(10-7-17)29(24,26)27/h1-11,14,25H,12-13,15-16H2,(H2,24,26,27)/p+1. The Bertz CT molecular complexity index is 1040. The molecule has 5 nitrogen and oxygen atoms in total. The summed E-state index contributed by atoms with van der Waals surface area (Å²) < 4.78 is 28.6. The van der Waals surface area contributed by atoms with Crippen LogP contribution in [0.1, 0.15) is 16.7 Å². The van der Waals surface area contributed by atoms with Gasteiger partial charge in [-0.25, -0.2) is 13.6 Å². The monoisotopic (exact) mass is 431 g/mol. The minimum Gasteiger partial charge on any atom is -0.488 e. The first kappa shape index (κ1) is 21.3. The molecule has 3 rings (SSSR count). The summed E-state index contributed by atoms with van der Waals surface area (Å²) >= 11 is 6.17. The SMILES string of the molecule is NS(=O)(=O)c1ccc(CC[NH2+]Cc2cc(Cl)ccc2OCc2ccccc2)cc1. The van der Waals surface area contributed by atoms with E-state index < -0.39 is 10.0 Å². The Morgan fingerprint density at radius 1 is 0.931 bits per heavy atom. The first-order chi connectivity index (χ1) is 13.9. The molecule has 3 aromatic rings. The normalized spacial score (nSPS) is 11.4. The number of ether oxygens (including phenoxy) is 1. The van der Waals surface area contributed by atoms with Gasteiger partial charge in [-0.1, -0.05) is 54.1 Å². The van der Waals surface area contributed by atoms with Crippen LogP contribution in [0.2, 0.25) is 5.02 Å². The van der Waals surface area contributed by atoms with Gasteiger partial charge in [0.05, 0.1) is 11.4 Å².